The Labute approximate surface area is 276 Å². The van der Waals surface area contributed by atoms with Crippen molar-refractivity contribution in [2.45, 2.75) is 104 Å². The number of aromatic nitrogens is 5. The standard InChI is InChI=1S/C11H9N5O3.2C11H21NO2/c1-15-4-6(3-12-15)8-5-16-9(10(17)13-8)2-7(14-16)11(18)19;2*1-11(2,3)14-10(13)12-8-6-4-5-7-9-12/h2-5H,1H3,(H,13,17)(H,18,19);2*4-9H2,1-3H3. The predicted octanol–water partition coefficient (Wildman–Crippen LogP) is 5.72. The third-order valence-electron chi connectivity index (χ3n) is 7.22. The minimum Gasteiger partial charge on any atom is -0.476 e. The second kappa shape index (κ2) is 16.5. The number of amides is 2. The minimum absolute atomic E-state index is 0.153. The van der Waals surface area contributed by atoms with Gasteiger partial charge in [-0.1, -0.05) is 25.7 Å². The lowest BCUT2D eigenvalue weighted by Crippen LogP contribution is -2.37. The average molecular weight is 658 g/mol. The Bertz CT molecular complexity index is 1480. The molecule has 2 saturated heterocycles. The number of hydrogen-bond acceptors (Lipinski definition) is 8. The SMILES string of the molecule is CC(C)(C)OC(=O)N1CCCCCC1.CC(C)(C)OC(=O)N1CCCCCC1.Cn1cc(-c2cn3nc(C(=O)O)cc3c(=O)[nH]2)cn1. The first-order valence-electron chi connectivity index (χ1n) is 16.3. The summed E-state index contributed by atoms with van der Waals surface area (Å²) in [5, 5.41) is 16.7. The molecule has 0 radical (unpaired) electrons. The molecule has 2 aliphatic heterocycles. The van der Waals surface area contributed by atoms with Crippen LogP contribution in [0.15, 0.2) is 29.5 Å². The van der Waals surface area contributed by atoms with Gasteiger partial charge in [-0.3, -0.25) is 9.48 Å². The second-order valence-electron chi connectivity index (χ2n) is 13.8. The van der Waals surface area contributed by atoms with Crippen LogP contribution < -0.4 is 5.56 Å². The summed E-state index contributed by atoms with van der Waals surface area (Å²) >= 11 is 0. The fourth-order valence-electron chi connectivity index (χ4n) is 4.97. The number of nitrogens with one attached hydrogen (secondary N) is 1. The molecule has 47 heavy (non-hydrogen) atoms. The van der Waals surface area contributed by atoms with Crippen molar-refractivity contribution in [2.24, 2.45) is 7.05 Å². The summed E-state index contributed by atoms with van der Waals surface area (Å²) in [6, 6.07) is 1.23. The van der Waals surface area contributed by atoms with Gasteiger partial charge >= 0.3 is 18.2 Å². The Morgan fingerprint density at radius 3 is 1.64 bits per heavy atom. The van der Waals surface area contributed by atoms with E-state index in [2.05, 4.69) is 15.2 Å². The Kier molecular flexibility index (Phi) is 13.0. The fourth-order valence-corrected chi connectivity index (χ4v) is 4.97. The van der Waals surface area contributed by atoms with Gasteiger partial charge in [-0.05, 0) is 67.2 Å². The van der Waals surface area contributed by atoms with Crippen LogP contribution in [-0.2, 0) is 16.5 Å². The normalized spacial score (nSPS) is 15.7. The number of fused-ring (bicyclic) bond motifs is 1. The number of carboxylic acid groups (broad SMARTS) is 1. The Morgan fingerprint density at radius 2 is 1.26 bits per heavy atom. The molecule has 3 aromatic rings. The van der Waals surface area contributed by atoms with Crippen molar-refractivity contribution in [2.75, 3.05) is 26.2 Å². The molecule has 0 unspecified atom stereocenters. The van der Waals surface area contributed by atoms with Crippen LogP contribution in [0.5, 0.6) is 0 Å². The Balaban J connectivity index is 0.000000196. The molecule has 0 aromatic carbocycles. The van der Waals surface area contributed by atoms with E-state index in [0.717, 1.165) is 51.9 Å². The summed E-state index contributed by atoms with van der Waals surface area (Å²) in [7, 11) is 1.76. The van der Waals surface area contributed by atoms with E-state index in [1.165, 1.54) is 36.3 Å². The van der Waals surface area contributed by atoms with Crippen LogP contribution >= 0.6 is 0 Å². The molecule has 5 heterocycles. The first-order chi connectivity index (χ1) is 22.0. The third-order valence-corrected chi connectivity index (χ3v) is 7.22. The van der Waals surface area contributed by atoms with Crippen LogP contribution in [0.4, 0.5) is 9.59 Å². The maximum atomic E-state index is 11.9. The van der Waals surface area contributed by atoms with Gasteiger partial charge in [-0.15, -0.1) is 0 Å². The van der Waals surface area contributed by atoms with Gasteiger partial charge in [0.25, 0.3) is 5.56 Å². The van der Waals surface area contributed by atoms with Gasteiger partial charge in [-0.25, -0.2) is 18.9 Å². The zero-order valence-corrected chi connectivity index (χ0v) is 28.9. The monoisotopic (exact) mass is 657 g/mol. The number of aryl methyl sites for hydroxylation is 1. The van der Waals surface area contributed by atoms with Gasteiger partial charge in [0.2, 0.25) is 0 Å². The van der Waals surface area contributed by atoms with Crippen LogP contribution in [0.3, 0.4) is 0 Å². The van der Waals surface area contributed by atoms with Gasteiger partial charge in [0.15, 0.2) is 5.69 Å². The predicted molar refractivity (Wildman–Crippen MR) is 178 cm³/mol. The number of H-pyrrole nitrogens is 1. The Morgan fingerprint density at radius 1 is 0.787 bits per heavy atom. The molecular weight excluding hydrogens is 606 g/mol. The number of carboxylic acids is 1. The number of nitrogens with zero attached hydrogens (tertiary/aromatic N) is 6. The number of hydrogen-bond donors (Lipinski definition) is 2. The number of rotatable bonds is 2. The lowest BCUT2D eigenvalue weighted by Gasteiger charge is -2.26. The summed E-state index contributed by atoms with van der Waals surface area (Å²) in [5.74, 6) is -1.17. The number of aromatic carboxylic acids is 1. The zero-order chi connectivity index (χ0) is 34.8. The highest BCUT2D eigenvalue weighted by Gasteiger charge is 2.23. The molecule has 14 nitrogen and oxygen atoms in total. The zero-order valence-electron chi connectivity index (χ0n) is 28.9. The van der Waals surface area contributed by atoms with Crippen molar-refractivity contribution in [1.82, 2.24) is 34.2 Å². The van der Waals surface area contributed by atoms with Crippen molar-refractivity contribution in [1.29, 1.82) is 0 Å². The van der Waals surface area contributed by atoms with Crippen molar-refractivity contribution >= 4 is 23.7 Å². The molecule has 2 N–H and O–H groups in total. The number of likely N-dealkylation sites (tertiary alicyclic amines) is 2. The highest BCUT2D eigenvalue weighted by molar-refractivity contribution is 5.87. The number of carbonyl (C=O) groups is 3. The van der Waals surface area contributed by atoms with Crippen LogP contribution in [0.1, 0.15) is 103 Å². The molecular formula is C33H51N7O7. The van der Waals surface area contributed by atoms with E-state index >= 15 is 0 Å². The molecule has 2 amide bonds. The summed E-state index contributed by atoms with van der Waals surface area (Å²) in [4.78, 5) is 52.4. The maximum absolute atomic E-state index is 11.9. The van der Waals surface area contributed by atoms with Crippen molar-refractivity contribution in [3.05, 3.63) is 40.7 Å². The van der Waals surface area contributed by atoms with E-state index in [0.29, 0.717) is 11.3 Å². The summed E-state index contributed by atoms with van der Waals surface area (Å²) in [6.07, 6.45) is 14.0. The fraction of sp³-hybridized carbons (Fsp3) is 0.636. The summed E-state index contributed by atoms with van der Waals surface area (Å²) < 4.78 is 13.5. The first-order valence-corrected chi connectivity index (χ1v) is 16.3. The third kappa shape index (κ3) is 12.4. The molecule has 0 aliphatic carbocycles. The highest BCUT2D eigenvalue weighted by Crippen LogP contribution is 2.17. The lowest BCUT2D eigenvalue weighted by atomic mass is 10.2. The van der Waals surface area contributed by atoms with Gasteiger partial charge in [-0.2, -0.15) is 10.2 Å². The van der Waals surface area contributed by atoms with Gasteiger partial charge in [0, 0.05) is 51.1 Å². The van der Waals surface area contributed by atoms with Crippen molar-refractivity contribution in [3.63, 3.8) is 0 Å². The molecule has 2 aliphatic rings. The van der Waals surface area contributed by atoms with Gasteiger partial charge < -0.3 is 29.4 Å². The molecule has 3 aromatic heterocycles. The quantitative estimate of drug-likeness (QED) is 0.351. The lowest BCUT2D eigenvalue weighted by molar-refractivity contribution is 0.0246. The topological polar surface area (TPSA) is 164 Å². The van der Waals surface area contributed by atoms with Crippen LogP contribution in [0.2, 0.25) is 0 Å². The smallest absolute Gasteiger partial charge is 0.410 e. The summed E-state index contributed by atoms with van der Waals surface area (Å²) in [5.41, 5.74) is 0.104. The molecule has 260 valence electrons. The highest BCUT2D eigenvalue weighted by atomic mass is 16.6. The molecule has 0 saturated carbocycles. The van der Waals surface area contributed by atoms with E-state index in [4.69, 9.17) is 14.6 Å². The van der Waals surface area contributed by atoms with Crippen molar-refractivity contribution in [3.8, 4) is 11.3 Å². The molecule has 2 fully saturated rings. The van der Waals surface area contributed by atoms with Gasteiger partial charge in [0.05, 0.1) is 18.1 Å². The van der Waals surface area contributed by atoms with E-state index in [-0.39, 0.29) is 34.6 Å². The van der Waals surface area contributed by atoms with E-state index < -0.39 is 11.5 Å². The van der Waals surface area contributed by atoms with E-state index in [1.807, 2.05) is 51.3 Å². The number of carbonyl (C=O) groups excluding carboxylic acids is 2. The van der Waals surface area contributed by atoms with Gasteiger partial charge in [0.1, 0.15) is 16.7 Å². The van der Waals surface area contributed by atoms with Crippen LogP contribution in [0.25, 0.3) is 16.8 Å². The summed E-state index contributed by atoms with van der Waals surface area (Å²) in [6.45, 7) is 14.9. The molecule has 14 heteroatoms. The average Bonchev–Trinajstić information content (AvgIpc) is 3.36. The Hall–Kier alpha value is -4.36. The second-order valence-corrected chi connectivity index (χ2v) is 13.8. The molecule has 0 atom stereocenters. The van der Waals surface area contributed by atoms with Crippen LogP contribution in [-0.4, -0.2) is 94.8 Å². The first kappa shape index (κ1) is 37.1. The number of ether oxygens (including phenoxy) is 2. The maximum Gasteiger partial charge on any atom is 0.410 e. The van der Waals surface area contributed by atoms with E-state index in [1.54, 1.807) is 30.3 Å². The minimum atomic E-state index is -1.17. The number of aromatic amines is 1. The van der Waals surface area contributed by atoms with E-state index in [9.17, 15) is 19.2 Å². The molecule has 5 rings (SSSR count). The molecule has 0 bridgehead atoms. The largest absolute Gasteiger partial charge is 0.476 e. The molecule has 0 spiro atoms. The van der Waals surface area contributed by atoms with Crippen molar-refractivity contribution < 1.29 is 29.0 Å². The van der Waals surface area contributed by atoms with Crippen LogP contribution in [0, 0.1) is 0 Å².